The molecule has 3 rings (SSSR count). The standard InChI is InChI=1S/C16H12ClF3N2O/c17-11-5-1-4-8-14(11)23-10-9-22-13-7-3-2-6-12(13)21-15(22)16(18,19)20/h1-8H,9-10H2. The highest BCUT2D eigenvalue weighted by molar-refractivity contribution is 6.32. The van der Waals surface area contributed by atoms with E-state index in [1.165, 1.54) is 0 Å². The fourth-order valence-corrected chi connectivity index (χ4v) is 2.52. The van der Waals surface area contributed by atoms with Crippen molar-refractivity contribution in [1.29, 1.82) is 0 Å². The lowest BCUT2D eigenvalue weighted by Crippen LogP contribution is -2.18. The van der Waals surface area contributed by atoms with Crippen LogP contribution in [0.25, 0.3) is 11.0 Å². The molecule has 23 heavy (non-hydrogen) atoms. The Kier molecular flexibility index (Phi) is 4.17. The Hall–Kier alpha value is -2.21. The van der Waals surface area contributed by atoms with E-state index in [1.807, 2.05) is 0 Å². The SMILES string of the molecule is FC(F)(F)c1nc2ccccc2n1CCOc1ccccc1Cl. The Labute approximate surface area is 135 Å². The lowest BCUT2D eigenvalue weighted by Gasteiger charge is -2.12. The van der Waals surface area contributed by atoms with Gasteiger partial charge in [-0.1, -0.05) is 35.9 Å². The summed E-state index contributed by atoms with van der Waals surface area (Å²) in [4.78, 5) is 3.68. The maximum atomic E-state index is 13.2. The number of hydrogen-bond donors (Lipinski definition) is 0. The van der Waals surface area contributed by atoms with Crippen molar-refractivity contribution in [2.45, 2.75) is 12.7 Å². The molecule has 0 amide bonds. The molecule has 0 aliphatic rings. The van der Waals surface area contributed by atoms with Gasteiger partial charge in [-0.15, -0.1) is 0 Å². The molecule has 3 aromatic rings. The molecule has 3 nitrogen and oxygen atoms in total. The lowest BCUT2D eigenvalue weighted by atomic mass is 10.3. The molecule has 0 aliphatic heterocycles. The molecule has 120 valence electrons. The molecule has 0 saturated carbocycles. The number of para-hydroxylation sites is 3. The van der Waals surface area contributed by atoms with E-state index in [-0.39, 0.29) is 13.2 Å². The minimum atomic E-state index is -4.52. The van der Waals surface area contributed by atoms with Crippen LogP contribution in [0, 0.1) is 0 Å². The molecule has 0 aliphatic carbocycles. The van der Waals surface area contributed by atoms with E-state index in [0.29, 0.717) is 21.8 Å². The van der Waals surface area contributed by atoms with Crippen molar-refractivity contribution in [3.05, 3.63) is 59.4 Å². The van der Waals surface area contributed by atoms with Gasteiger partial charge in [0.05, 0.1) is 22.6 Å². The van der Waals surface area contributed by atoms with Crippen molar-refractivity contribution in [1.82, 2.24) is 9.55 Å². The summed E-state index contributed by atoms with van der Waals surface area (Å²) in [6.45, 7) is 0.0632. The summed E-state index contributed by atoms with van der Waals surface area (Å²) in [5, 5.41) is 0.416. The summed E-state index contributed by atoms with van der Waals surface area (Å²) in [5.41, 5.74) is 0.722. The summed E-state index contributed by atoms with van der Waals surface area (Å²) in [6.07, 6.45) is -4.52. The van der Waals surface area contributed by atoms with Crippen molar-refractivity contribution in [3.8, 4) is 5.75 Å². The molecule has 0 atom stereocenters. The number of benzene rings is 2. The van der Waals surface area contributed by atoms with E-state index in [4.69, 9.17) is 16.3 Å². The fourth-order valence-electron chi connectivity index (χ4n) is 2.33. The normalized spacial score (nSPS) is 11.8. The fraction of sp³-hybridized carbons (Fsp3) is 0.188. The molecule has 7 heteroatoms. The van der Waals surface area contributed by atoms with Gasteiger partial charge in [-0.2, -0.15) is 13.2 Å². The van der Waals surface area contributed by atoms with Crippen molar-refractivity contribution < 1.29 is 17.9 Å². The maximum absolute atomic E-state index is 13.2. The van der Waals surface area contributed by atoms with Crippen molar-refractivity contribution >= 4 is 22.6 Å². The van der Waals surface area contributed by atoms with Gasteiger partial charge in [0.2, 0.25) is 5.82 Å². The van der Waals surface area contributed by atoms with Gasteiger partial charge in [0.25, 0.3) is 0 Å². The number of fused-ring (bicyclic) bond motifs is 1. The summed E-state index contributed by atoms with van der Waals surface area (Å²) < 4.78 is 46.1. The summed E-state index contributed by atoms with van der Waals surface area (Å²) >= 11 is 5.96. The second-order valence-corrected chi connectivity index (χ2v) is 5.26. The molecule has 0 unspecified atom stereocenters. The third-order valence-corrected chi connectivity index (χ3v) is 3.63. The third kappa shape index (κ3) is 3.27. The Morgan fingerprint density at radius 3 is 2.48 bits per heavy atom. The van der Waals surface area contributed by atoms with Crippen molar-refractivity contribution in [3.63, 3.8) is 0 Å². The molecule has 0 saturated heterocycles. The zero-order chi connectivity index (χ0) is 16.4. The van der Waals surface area contributed by atoms with Crippen LogP contribution in [0.15, 0.2) is 48.5 Å². The zero-order valence-electron chi connectivity index (χ0n) is 11.8. The molecule has 0 bridgehead atoms. The largest absolute Gasteiger partial charge is 0.490 e. The predicted molar refractivity (Wildman–Crippen MR) is 81.7 cm³/mol. The highest BCUT2D eigenvalue weighted by atomic mass is 35.5. The molecular formula is C16H12ClF3N2O. The molecule has 0 N–H and O–H groups in total. The highest BCUT2D eigenvalue weighted by Gasteiger charge is 2.37. The Morgan fingerprint density at radius 2 is 1.74 bits per heavy atom. The van der Waals surface area contributed by atoms with Crippen LogP contribution in [-0.2, 0) is 12.7 Å². The molecule has 2 aromatic carbocycles. The quantitative estimate of drug-likeness (QED) is 0.683. The molecule has 1 aromatic heterocycles. The van der Waals surface area contributed by atoms with E-state index in [0.717, 1.165) is 4.57 Å². The maximum Gasteiger partial charge on any atom is 0.449 e. The lowest BCUT2D eigenvalue weighted by molar-refractivity contribution is -0.147. The number of alkyl halides is 3. The van der Waals surface area contributed by atoms with Crippen LogP contribution < -0.4 is 4.74 Å². The molecule has 0 fully saturated rings. The topological polar surface area (TPSA) is 27.1 Å². The van der Waals surface area contributed by atoms with Crippen LogP contribution in [0.2, 0.25) is 5.02 Å². The van der Waals surface area contributed by atoms with Gasteiger partial charge in [0.1, 0.15) is 12.4 Å². The molecule has 0 radical (unpaired) electrons. The van der Waals surface area contributed by atoms with Crippen molar-refractivity contribution in [2.75, 3.05) is 6.61 Å². The number of nitrogens with zero attached hydrogens (tertiary/aromatic N) is 2. The Morgan fingerprint density at radius 1 is 1.04 bits per heavy atom. The number of rotatable bonds is 4. The van der Waals surface area contributed by atoms with Gasteiger partial charge in [-0.3, -0.25) is 0 Å². The minimum Gasteiger partial charge on any atom is -0.490 e. The third-order valence-electron chi connectivity index (χ3n) is 3.32. The smallest absolute Gasteiger partial charge is 0.449 e. The number of hydrogen-bond acceptors (Lipinski definition) is 2. The molecule has 1 heterocycles. The van der Waals surface area contributed by atoms with E-state index in [2.05, 4.69) is 4.98 Å². The van der Waals surface area contributed by atoms with Crippen LogP contribution in [0.1, 0.15) is 5.82 Å². The first-order valence-electron chi connectivity index (χ1n) is 6.86. The number of imidazole rings is 1. The highest BCUT2D eigenvalue weighted by Crippen LogP contribution is 2.31. The van der Waals surface area contributed by atoms with E-state index < -0.39 is 12.0 Å². The first kappa shape index (κ1) is 15.7. The van der Waals surface area contributed by atoms with Crippen LogP contribution in [-0.4, -0.2) is 16.2 Å². The summed E-state index contributed by atoms with van der Waals surface area (Å²) in [7, 11) is 0. The first-order chi connectivity index (χ1) is 11.0. The molecular weight excluding hydrogens is 329 g/mol. The summed E-state index contributed by atoms with van der Waals surface area (Å²) in [6, 6.07) is 13.3. The van der Waals surface area contributed by atoms with E-state index >= 15 is 0 Å². The second-order valence-electron chi connectivity index (χ2n) is 4.85. The Bertz CT molecular complexity index is 830. The van der Waals surface area contributed by atoms with Crippen LogP contribution in [0.3, 0.4) is 0 Å². The van der Waals surface area contributed by atoms with Crippen LogP contribution in [0.5, 0.6) is 5.75 Å². The van der Waals surface area contributed by atoms with Gasteiger partial charge in [-0.05, 0) is 24.3 Å². The average Bonchev–Trinajstić information content (AvgIpc) is 2.88. The minimum absolute atomic E-state index is 0.0145. The van der Waals surface area contributed by atoms with Gasteiger partial charge in [0.15, 0.2) is 0 Å². The molecule has 0 spiro atoms. The van der Waals surface area contributed by atoms with Crippen LogP contribution >= 0.6 is 11.6 Å². The monoisotopic (exact) mass is 340 g/mol. The number of halogens is 4. The number of aromatic nitrogens is 2. The first-order valence-corrected chi connectivity index (χ1v) is 7.24. The van der Waals surface area contributed by atoms with Gasteiger partial charge < -0.3 is 9.30 Å². The zero-order valence-corrected chi connectivity index (χ0v) is 12.6. The van der Waals surface area contributed by atoms with Gasteiger partial charge >= 0.3 is 6.18 Å². The van der Waals surface area contributed by atoms with Gasteiger partial charge in [0, 0.05) is 0 Å². The average molecular weight is 341 g/mol. The number of ether oxygens (including phenoxy) is 1. The van der Waals surface area contributed by atoms with Gasteiger partial charge in [-0.25, -0.2) is 4.98 Å². The predicted octanol–water partition coefficient (Wildman–Crippen LogP) is 4.79. The van der Waals surface area contributed by atoms with Crippen molar-refractivity contribution in [2.24, 2.45) is 0 Å². The van der Waals surface area contributed by atoms with E-state index in [9.17, 15) is 13.2 Å². The van der Waals surface area contributed by atoms with Crippen LogP contribution in [0.4, 0.5) is 13.2 Å². The van der Waals surface area contributed by atoms with E-state index in [1.54, 1.807) is 48.5 Å². The second kappa shape index (κ2) is 6.12. The summed E-state index contributed by atoms with van der Waals surface area (Å²) in [5.74, 6) is -0.492. The Balaban J connectivity index is 1.86.